The standard InChI is InChI=1S/C10H11N3O2S/c1-15-10(14)9-7-13(12-11-9)5-4-8-3-2-6-16-8/h2-3,6-7H,4-5H2,1H3. The molecular formula is C10H11N3O2S. The summed E-state index contributed by atoms with van der Waals surface area (Å²) in [5.41, 5.74) is 0.244. The highest BCUT2D eigenvalue weighted by Crippen LogP contribution is 2.09. The second-order valence-electron chi connectivity index (χ2n) is 3.19. The summed E-state index contributed by atoms with van der Waals surface area (Å²) >= 11 is 1.71. The lowest BCUT2D eigenvalue weighted by Crippen LogP contribution is -2.02. The molecule has 0 aliphatic carbocycles. The van der Waals surface area contributed by atoms with E-state index in [9.17, 15) is 4.79 Å². The van der Waals surface area contributed by atoms with E-state index in [-0.39, 0.29) is 5.69 Å². The molecule has 84 valence electrons. The molecule has 2 aromatic rings. The Morgan fingerprint density at radius 1 is 1.62 bits per heavy atom. The molecule has 2 rings (SSSR count). The smallest absolute Gasteiger partial charge is 0.360 e. The van der Waals surface area contributed by atoms with Crippen molar-refractivity contribution < 1.29 is 9.53 Å². The molecule has 0 aliphatic heterocycles. The summed E-state index contributed by atoms with van der Waals surface area (Å²) in [6.07, 6.45) is 2.49. The first kappa shape index (κ1) is 10.8. The van der Waals surface area contributed by atoms with Gasteiger partial charge in [-0.15, -0.1) is 16.4 Å². The van der Waals surface area contributed by atoms with Crippen LogP contribution >= 0.6 is 11.3 Å². The molecule has 0 aromatic carbocycles. The number of hydrogen-bond donors (Lipinski definition) is 0. The fourth-order valence-electron chi connectivity index (χ4n) is 1.29. The number of ether oxygens (including phenoxy) is 1. The van der Waals surface area contributed by atoms with Crippen LogP contribution in [-0.2, 0) is 17.7 Å². The molecule has 16 heavy (non-hydrogen) atoms. The van der Waals surface area contributed by atoms with Crippen molar-refractivity contribution >= 4 is 17.3 Å². The maximum Gasteiger partial charge on any atom is 0.360 e. The predicted octanol–water partition coefficient (Wildman–Crippen LogP) is 1.37. The Labute approximate surface area is 96.7 Å². The fourth-order valence-corrected chi connectivity index (χ4v) is 1.98. The largest absolute Gasteiger partial charge is 0.464 e. The van der Waals surface area contributed by atoms with Gasteiger partial charge in [0.05, 0.1) is 13.3 Å². The number of aryl methyl sites for hydroxylation is 2. The van der Waals surface area contributed by atoms with Crippen molar-refractivity contribution in [3.63, 3.8) is 0 Å². The first-order valence-electron chi connectivity index (χ1n) is 4.80. The van der Waals surface area contributed by atoms with Crippen LogP contribution in [0.25, 0.3) is 0 Å². The predicted molar refractivity (Wildman–Crippen MR) is 59.4 cm³/mol. The number of methoxy groups -OCH3 is 1. The number of esters is 1. The number of carbonyl (C=O) groups is 1. The second kappa shape index (κ2) is 4.89. The van der Waals surface area contributed by atoms with Gasteiger partial charge in [-0.3, -0.25) is 4.68 Å². The molecule has 6 heteroatoms. The SMILES string of the molecule is COC(=O)c1cn(CCc2cccs2)nn1. The summed E-state index contributed by atoms with van der Waals surface area (Å²) in [4.78, 5) is 12.4. The van der Waals surface area contributed by atoms with Crippen LogP contribution in [0.1, 0.15) is 15.4 Å². The van der Waals surface area contributed by atoms with E-state index < -0.39 is 5.97 Å². The monoisotopic (exact) mass is 237 g/mol. The Balaban J connectivity index is 1.95. The maximum absolute atomic E-state index is 11.1. The van der Waals surface area contributed by atoms with E-state index in [1.807, 2.05) is 11.4 Å². The number of carbonyl (C=O) groups excluding carboxylic acids is 1. The van der Waals surface area contributed by atoms with E-state index in [0.717, 1.165) is 6.42 Å². The third-order valence-corrected chi connectivity index (χ3v) is 3.04. The summed E-state index contributed by atoms with van der Waals surface area (Å²) in [7, 11) is 1.33. The molecular weight excluding hydrogens is 226 g/mol. The first-order chi connectivity index (χ1) is 7.79. The zero-order valence-electron chi connectivity index (χ0n) is 8.79. The van der Waals surface area contributed by atoms with Crippen molar-refractivity contribution in [2.24, 2.45) is 0 Å². The van der Waals surface area contributed by atoms with E-state index in [2.05, 4.69) is 21.1 Å². The molecule has 5 nitrogen and oxygen atoms in total. The van der Waals surface area contributed by atoms with Crippen molar-refractivity contribution in [3.05, 3.63) is 34.3 Å². The number of hydrogen-bond acceptors (Lipinski definition) is 5. The minimum absolute atomic E-state index is 0.244. The molecule has 0 N–H and O–H groups in total. The molecule has 2 heterocycles. The van der Waals surface area contributed by atoms with Crippen LogP contribution in [0.2, 0.25) is 0 Å². The van der Waals surface area contributed by atoms with E-state index in [1.165, 1.54) is 12.0 Å². The minimum Gasteiger partial charge on any atom is -0.464 e. The van der Waals surface area contributed by atoms with Gasteiger partial charge in [0.2, 0.25) is 0 Å². The van der Waals surface area contributed by atoms with Crippen LogP contribution in [0.4, 0.5) is 0 Å². The number of thiophene rings is 1. The molecule has 0 atom stereocenters. The fraction of sp³-hybridized carbons (Fsp3) is 0.300. The number of nitrogens with zero attached hydrogens (tertiary/aromatic N) is 3. The van der Waals surface area contributed by atoms with Gasteiger partial charge in [-0.05, 0) is 11.4 Å². The molecule has 0 unspecified atom stereocenters. The molecule has 0 aliphatic rings. The second-order valence-corrected chi connectivity index (χ2v) is 4.22. The summed E-state index contributed by atoms with van der Waals surface area (Å²) in [6, 6.07) is 4.09. The average molecular weight is 237 g/mol. The third-order valence-electron chi connectivity index (χ3n) is 2.10. The quantitative estimate of drug-likeness (QED) is 0.754. The van der Waals surface area contributed by atoms with Crippen LogP contribution in [0.3, 0.4) is 0 Å². The molecule has 0 spiro atoms. The third kappa shape index (κ3) is 2.46. The first-order valence-corrected chi connectivity index (χ1v) is 5.68. The molecule has 2 aromatic heterocycles. The van der Waals surface area contributed by atoms with Crippen LogP contribution in [0, 0.1) is 0 Å². The summed E-state index contributed by atoms with van der Waals surface area (Å²) in [6.45, 7) is 0.713. The average Bonchev–Trinajstić information content (AvgIpc) is 2.96. The normalized spacial score (nSPS) is 10.3. The molecule has 0 fully saturated rings. The minimum atomic E-state index is -0.456. The molecule has 0 amide bonds. The Bertz CT molecular complexity index is 464. The molecule has 0 saturated carbocycles. The van der Waals surface area contributed by atoms with Gasteiger partial charge in [0.25, 0.3) is 0 Å². The van der Waals surface area contributed by atoms with Gasteiger partial charge in [0, 0.05) is 17.8 Å². The van der Waals surface area contributed by atoms with Crippen LogP contribution in [0.15, 0.2) is 23.7 Å². The zero-order chi connectivity index (χ0) is 11.4. The summed E-state index contributed by atoms with van der Waals surface area (Å²) in [5.74, 6) is -0.456. The zero-order valence-corrected chi connectivity index (χ0v) is 9.61. The van der Waals surface area contributed by atoms with Gasteiger partial charge in [-0.1, -0.05) is 11.3 Å². The highest BCUT2D eigenvalue weighted by Gasteiger charge is 2.10. The van der Waals surface area contributed by atoms with Crippen molar-refractivity contribution in [2.45, 2.75) is 13.0 Å². The Morgan fingerprint density at radius 2 is 2.50 bits per heavy atom. The molecule has 0 saturated heterocycles. The van der Waals surface area contributed by atoms with E-state index >= 15 is 0 Å². The highest BCUT2D eigenvalue weighted by molar-refractivity contribution is 7.09. The van der Waals surface area contributed by atoms with Crippen LogP contribution in [0.5, 0.6) is 0 Å². The van der Waals surface area contributed by atoms with Crippen molar-refractivity contribution in [3.8, 4) is 0 Å². The van der Waals surface area contributed by atoms with Gasteiger partial charge in [-0.25, -0.2) is 4.79 Å². The van der Waals surface area contributed by atoms with Crippen molar-refractivity contribution in [1.29, 1.82) is 0 Å². The highest BCUT2D eigenvalue weighted by atomic mass is 32.1. The van der Waals surface area contributed by atoms with Gasteiger partial charge in [0.1, 0.15) is 0 Å². The van der Waals surface area contributed by atoms with Gasteiger partial charge >= 0.3 is 5.97 Å². The van der Waals surface area contributed by atoms with E-state index in [4.69, 9.17) is 0 Å². The molecule has 0 radical (unpaired) electrons. The topological polar surface area (TPSA) is 57.0 Å². The van der Waals surface area contributed by atoms with Gasteiger partial charge < -0.3 is 4.74 Å². The van der Waals surface area contributed by atoms with E-state index in [1.54, 1.807) is 22.2 Å². The summed E-state index contributed by atoms with van der Waals surface area (Å²) in [5, 5.41) is 9.62. The Kier molecular flexibility index (Phi) is 3.31. The van der Waals surface area contributed by atoms with Gasteiger partial charge in [-0.2, -0.15) is 0 Å². The Morgan fingerprint density at radius 3 is 3.19 bits per heavy atom. The number of aromatic nitrogens is 3. The Hall–Kier alpha value is -1.69. The lowest BCUT2D eigenvalue weighted by molar-refractivity contribution is 0.0594. The summed E-state index contributed by atoms with van der Waals surface area (Å²) < 4.78 is 6.19. The molecule has 0 bridgehead atoms. The maximum atomic E-state index is 11.1. The van der Waals surface area contributed by atoms with Crippen molar-refractivity contribution in [1.82, 2.24) is 15.0 Å². The van der Waals surface area contributed by atoms with Crippen LogP contribution < -0.4 is 0 Å². The number of rotatable bonds is 4. The lowest BCUT2D eigenvalue weighted by atomic mass is 10.3. The van der Waals surface area contributed by atoms with Crippen molar-refractivity contribution in [2.75, 3.05) is 7.11 Å². The van der Waals surface area contributed by atoms with Crippen LogP contribution in [-0.4, -0.2) is 28.1 Å². The lowest BCUT2D eigenvalue weighted by Gasteiger charge is -1.96. The van der Waals surface area contributed by atoms with Gasteiger partial charge in [0.15, 0.2) is 5.69 Å². The van der Waals surface area contributed by atoms with E-state index in [0.29, 0.717) is 6.54 Å².